The number of rotatable bonds is 3. The summed E-state index contributed by atoms with van der Waals surface area (Å²) in [6, 6.07) is 0. The fourth-order valence-electron chi connectivity index (χ4n) is 1.09. The van der Waals surface area contributed by atoms with E-state index < -0.39 is 17.6 Å². The number of hydrogen-bond donors (Lipinski definition) is 3. The topological polar surface area (TPSA) is 98.1 Å². The highest BCUT2D eigenvalue weighted by atomic mass is 16.4. The van der Waals surface area contributed by atoms with Gasteiger partial charge in [-0.1, -0.05) is 0 Å². The van der Waals surface area contributed by atoms with E-state index in [9.17, 15) is 9.59 Å². The van der Waals surface area contributed by atoms with E-state index in [1.807, 2.05) is 0 Å². The quantitative estimate of drug-likeness (QED) is 0.511. The van der Waals surface area contributed by atoms with Crippen molar-refractivity contribution in [3.8, 4) is 0 Å². The van der Waals surface area contributed by atoms with Crippen LogP contribution in [0.25, 0.3) is 0 Å². The minimum atomic E-state index is -1.31. The Hall–Kier alpha value is -1.56. The Labute approximate surface area is 73.7 Å². The molecule has 0 unspecified atom stereocenters. The normalized spacial score (nSPS) is 17.0. The molecule has 13 heavy (non-hydrogen) atoms. The van der Waals surface area contributed by atoms with Crippen molar-refractivity contribution in [2.24, 2.45) is 0 Å². The third kappa shape index (κ3) is 1.62. The predicted octanol–water partition coefficient (Wildman–Crippen LogP) is -1.28. The molecule has 0 fully saturated rings. The van der Waals surface area contributed by atoms with Gasteiger partial charge in [0.25, 0.3) is 5.91 Å². The van der Waals surface area contributed by atoms with E-state index in [2.05, 4.69) is 0 Å². The SMILES string of the molecule is O=C(O)C1=C(O)C(=O)N(CCO)C1. The van der Waals surface area contributed by atoms with Crippen LogP contribution in [0.3, 0.4) is 0 Å². The standard InChI is InChI=1S/C7H9NO5/c9-2-1-8-3-4(7(12)13)5(10)6(8)11/h9-10H,1-3H2,(H,12,13). The highest BCUT2D eigenvalue weighted by Crippen LogP contribution is 2.16. The van der Waals surface area contributed by atoms with Crippen LogP contribution in [0.1, 0.15) is 0 Å². The Kier molecular flexibility index (Phi) is 2.52. The molecule has 1 aliphatic rings. The summed E-state index contributed by atoms with van der Waals surface area (Å²) in [4.78, 5) is 22.6. The molecule has 0 bridgehead atoms. The van der Waals surface area contributed by atoms with Crippen LogP contribution in [0.2, 0.25) is 0 Å². The van der Waals surface area contributed by atoms with E-state index in [1.165, 1.54) is 0 Å². The van der Waals surface area contributed by atoms with Gasteiger partial charge in [0.1, 0.15) is 5.57 Å². The van der Waals surface area contributed by atoms with Gasteiger partial charge in [-0.15, -0.1) is 0 Å². The molecule has 6 heteroatoms. The fourth-order valence-corrected chi connectivity index (χ4v) is 1.09. The Morgan fingerprint density at radius 3 is 2.54 bits per heavy atom. The van der Waals surface area contributed by atoms with Gasteiger partial charge in [0, 0.05) is 6.54 Å². The molecule has 0 aromatic heterocycles. The predicted molar refractivity (Wildman–Crippen MR) is 41.0 cm³/mol. The second kappa shape index (κ2) is 3.44. The molecule has 0 saturated heterocycles. The van der Waals surface area contributed by atoms with Gasteiger partial charge in [0.15, 0.2) is 5.76 Å². The highest BCUT2D eigenvalue weighted by Gasteiger charge is 2.33. The van der Waals surface area contributed by atoms with Crippen molar-refractivity contribution in [2.75, 3.05) is 19.7 Å². The number of carboxylic acids is 1. The number of amides is 1. The lowest BCUT2D eigenvalue weighted by atomic mass is 10.3. The van der Waals surface area contributed by atoms with Crippen LogP contribution in [0, 0.1) is 0 Å². The summed E-state index contributed by atoms with van der Waals surface area (Å²) < 4.78 is 0. The van der Waals surface area contributed by atoms with Gasteiger partial charge in [-0.3, -0.25) is 4.79 Å². The fraction of sp³-hybridized carbons (Fsp3) is 0.429. The molecule has 6 nitrogen and oxygen atoms in total. The maximum atomic E-state index is 11.1. The molecule has 1 amide bonds. The third-order valence-corrected chi connectivity index (χ3v) is 1.75. The Morgan fingerprint density at radius 1 is 1.54 bits per heavy atom. The van der Waals surface area contributed by atoms with Crippen molar-refractivity contribution in [1.29, 1.82) is 0 Å². The van der Waals surface area contributed by atoms with Gasteiger partial charge in [-0.2, -0.15) is 0 Å². The van der Waals surface area contributed by atoms with E-state index >= 15 is 0 Å². The number of carboxylic acid groups (broad SMARTS) is 1. The molecule has 1 aliphatic heterocycles. The van der Waals surface area contributed by atoms with Gasteiger partial charge in [-0.05, 0) is 0 Å². The van der Waals surface area contributed by atoms with Crippen LogP contribution >= 0.6 is 0 Å². The molecule has 0 aromatic rings. The van der Waals surface area contributed by atoms with E-state index in [1.54, 1.807) is 0 Å². The van der Waals surface area contributed by atoms with E-state index in [0.717, 1.165) is 4.90 Å². The first-order valence-electron chi connectivity index (χ1n) is 3.63. The first-order chi connectivity index (χ1) is 6.07. The molecule has 1 heterocycles. The Bertz CT molecular complexity index is 283. The maximum Gasteiger partial charge on any atom is 0.337 e. The summed E-state index contributed by atoms with van der Waals surface area (Å²) >= 11 is 0. The summed E-state index contributed by atoms with van der Waals surface area (Å²) in [5, 5.41) is 26.1. The third-order valence-electron chi connectivity index (χ3n) is 1.75. The summed E-state index contributed by atoms with van der Waals surface area (Å²) in [5.74, 6) is -2.79. The first-order valence-corrected chi connectivity index (χ1v) is 3.63. The number of aliphatic hydroxyl groups excluding tert-OH is 2. The Balaban J connectivity index is 2.80. The van der Waals surface area contributed by atoms with Crippen molar-refractivity contribution in [3.05, 3.63) is 11.3 Å². The lowest BCUT2D eigenvalue weighted by molar-refractivity contribution is -0.133. The van der Waals surface area contributed by atoms with Crippen LogP contribution in [0.15, 0.2) is 11.3 Å². The monoisotopic (exact) mass is 187 g/mol. The number of nitrogens with zero attached hydrogens (tertiary/aromatic N) is 1. The van der Waals surface area contributed by atoms with Crippen molar-refractivity contribution in [2.45, 2.75) is 0 Å². The molecule has 0 saturated carbocycles. The molecular weight excluding hydrogens is 178 g/mol. The molecule has 0 radical (unpaired) electrons. The second-order valence-electron chi connectivity index (χ2n) is 2.58. The first kappa shape index (κ1) is 9.53. The maximum absolute atomic E-state index is 11.1. The summed E-state index contributed by atoms with van der Waals surface area (Å²) in [6.07, 6.45) is 0. The zero-order chi connectivity index (χ0) is 10.0. The summed E-state index contributed by atoms with van der Waals surface area (Å²) in [5.41, 5.74) is -0.321. The summed E-state index contributed by atoms with van der Waals surface area (Å²) in [6.45, 7) is -0.383. The van der Waals surface area contributed by atoms with Gasteiger partial charge < -0.3 is 20.2 Å². The van der Waals surface area contributed by atoms with Crippen LogP contribution in [0.4, 0.5) is 0 Å². The minimum absolute atomic E-state index is 0.0275. The van der Waals surface area contributed by atoms with Crippen LogP contribution < -0.4 is 0 Å². The molecular formula is C7H9NO5. The molecule has 0 atom stereocenters. The van der Waals surface area contributed by atoms with Crippen LogP contribution in [0.5, 0.6) is 0 Å². The lowest BCUT2D eigenvalue weighted by Gasteiger charge is -2.12. The van der Waals surface area contributed by atoms with E-state index in [-0.39, 0.29) is 25.3 Å². The number of aliphatic carboxylic acids is 1. The number of carbonyl (C=O) groups excluding carboxylic acids is 1. The van der Waals surface area contributed by atoms with Gasteiger partial charge >= 0.3 is 5.97 Å². The number of β-amino-alcohol motifs (C(OH)–C–C–N with tert-alkyl or cyclic N) is 1. The van der Waals surface area contributed by atoms with Gasteiger partial charge in [0.05, 0.1) is 13.2 Å². The molecule has 0 spiro atoms. The van der Waals surface area contributed by atoms with E-state index in [4.69, 9.17) is 15.3 Å². The largest absolute Gasteiger partial charge is 0.503 e. The van der Waals surface area contributed by atoms with Crippen molar-refractivity contribution in [1.82, 2.24) is 4.90 Å². The number of aliphatic hydroxyl groups is 2. The highest BCUT2D eigenvalue weighted by molar-refractivity contribution is 6.04. The minimum Gasteiger partial charge on any atom is -0.503 e. The number of hydrogen-bond acceptors (Lipinski definition) is 4. The number of carbonyl (C=O) groups is 2. The van der Waals surface area contributed by atoms with Crippen LogP contribution in [-0.4, -0.2) is 51.8 Å². The molecule has 0 aromatic carbocycles. The summed E-state index contributed by atoms with van der Waals surface area (Å²) in [7, 11) is 0. The molecule has 1 rings (SSSR count). The Morgan fingerprint density at radius 2 is 2.15 bits per heavy atom. The van der Waals surface area contributed by atoms with Gasteiger partial charge in [0.2, 0.25) is 0 Å². The lowest BCUT2D eigenvalue weighted by Crippen LogP contribution is -2.30. The van der Waals surface area contributed by atoms with E-state index in [0.29, 0.717) is 0 Å². The zero-order valence-electron chi connectivity index (χ0n) is 6.73. The van der Waals surface area contributed by atoms with Crippen molar-refractivity contribution < 1.29 is 24.9 Å². The van der Waals surface area contributed by atoms with Crippen LogP contribution in [-0.2, 0) is 9.59 Å². The van der Waals surface area contributed by atoms with Crippen molar-refractivity contribution in [3.63, 3.8) is 0 Å². The molecule has 0 aliphatic carbocycles. The molecule has 3 N–H and O–H groups in total. The smallest absolute Gasteiger partial charge is 0.337 e. The average molecular weight is 187 g/mol. The zero-order valence-corrected chi connectivity index (χ0v) is 6.73. The van der Waals surface area contributed by atoms with Gasteiger partial charge in [-0.25, -0.2) is 4.79 Å². The van der Waals surface area contributed by atoms with Crippen molar-refractivity contribution >= 4 is 11.9 Å². The second-order valence-corrected chi connectivity index (χ2v) is 2.58. The molecule has 72 valence electrons. The average Bonchev–Trinajstić information content (AvgIpc) is 2.33.